The molecule has 1 atom stereocenters. The maximum Gasteiger partial charge on any atom is 0.402 e. The minimum atomic E-state index is -4.73. The van der Waals surface area contributed by atoms with E-state index >= 15 is 0 Å². The van der Waals surface area contributed by atoms with Gasteiger partial charge in [-0.25, -0.2) is 0 Å². The summed E-state index contributed by atoms with van der Waals surface area (Å²) in [4.78, 5) is 12.4. The van der Waals surface area contributed by atoms with E-state index in [0.717, 1.165) is 22.2 Å². The Morgan fingerprint density at radius 2 is 1.71 bits per heavy atom. The molecular weight excluding hydrogens is 428 g/mol. The molecule has 0 aliphatic carbocycles. The molecule has 7 heteroatoms. The average Bonchev–Trinajstić information content (AvgIpc) is 2.40. The van der Waals surface area contributed by atoms with Crippen LogP contribution < -0.4 is 0 Å². The van der Waals surface area contributed by atoms with Crippen LogP contribution in [0.1, 0.15) is 22.6 Å². The highest BCUT2D eigenvalue weighted by Gasteiger charge is 2.45. The van der Waals surface area contributed by atoms with Crippen LogP contribution in [0.3, 0.4) is 0 Å². The highest BCUT2D eigenvalue weighted by atomic mass is 79.9. The molecule has 2 aromatic rings. The van der Waals surface area contributed by atoms with Crippen molar-refractivity contribution in [2.45, 2.75) is 25.4 Å². The van der Waals surface area contributed by atoms with Crippen LogP contribution in [-0.4, -0.2) is 12.0 Å². The molecule has 0 N–H and O–H groups in total. The first-order valence-electron chi connectivity index (χ1n) is 6.88. The van der Waals surface area contributed by atoms with Gasteiger partial charge in [-0.2, -0.15) is 13.2 Å². The second-order valence-electron chi connectivity index (χ2n) is 5.40. The van der Waals surface area contributed by atoms with Gasteiger partial charge in [0.1, 0.15) is 5.92 Å². The van der Waals surface area contributed by atoms with Crippen LogP contribution in [0.25, 0.3) is 0 Å². The minimum Gasteiger partial charge on any atom is -0.298 e. The van der Waals surface area contributed by atoms with Crippen molar-refractivity contribution < 1.29 is 18.0 Å². The molecule has 0 aliphatic rings. The molecule has 1 unspecified atom stereocenters. The number of Topliss-reactive ketones (excluding diaryl/α,β-unsaturated/α-hetero) is 1. The SMILES string of the molecule is Cc1ccc(CC(=O)C(c2cc(Cl)cc(Cl)c2)C(F)(F)F)cc1Br. The molecule has 0 fully saturated rings. The Bertz CT molecular complexity index is 755. The lowest BCUT2D eigenvalue weighted by molar-refractivity contribution is -0.163. The summed E-state index contributed by atoms with van der Waals surface area (Å²) in [6, 6.07) is 8.58. The van der Waals surface area contributed by atoms with Gasteiger partial charge in [-0.15, -0.1) is 0 Å². The zero-order valence-electron chi connectivity index (χ0n) is 12.4. The van der Waals surface area contributed by atoms with E-state index in [1.165, 1.54) is 6.07 Å². The number of ketones is 1. The highest BCUT2D eigenvalue weighted by Crippen LogP contribution is 2.38. The molecule has 0 spiro atoms. The van der Waals surface area contributed by atoms with Crippen molar-refractivity contribution in [2.75, 3.05) is 0 Å². The first-order chi connectivity index (χ1) is 11.1. The van der Waals surface area contributed by atoms with Gasteiger partial charge in [-0.05, 0) is 47.9 Å². The number of alkyl halides is 3. The predicted molar refractivity (Wildman–Crippen MR) is 92.8 cm³/mol. The summed E-state index contributed by atoms with van der Waals surface area (Å²) in [7, 11) is 0. The Morgan fingerprint density at radius 1 is 1.12 bits per heavy atom. The fourth-order valence-corrected chi connectivity index (χ4v) is 3.32. The molecule has 128 valence electrons. The maximum absolute atomic E-state index is 13.4. The summed E-state index contributed by atoms with van der Waals surface area (Å²) in [6.07, 6.45) is -5.07. The molecule has 2 rings (SSSR count). The minimum absolute atomic E-state index is 0.0534. The van der Waals surface area contributed by atoms with E-state index in [4.69, 9.17) is 23.2 Å². The molecule has 0 radical (unpaired) electrons. The van der Waals surface area contributed by atoms with Crippen molar-refractivity contribution in [2.24, 2.45) is 0 Å². The van der Waals surface area contributed by atoms with Crippen molar-refractivity contribution in [1.82, 2.24) is 0 Å². The van der Waals surface area contributed by atoms with E-state index in [1.54, 1.807) is 18.2 Å². The van der Waals surface area contributed by atoms with Gasteiger partial charge in [0.25, 0.3) is 0 Å². The molecule has 0 amide bonds. The van der Waals surface area contributed by atoms with Gasteiger partial charge in [-0.3, -0.25) is 4.79 Å². The van der Waals surface area contributed by atoms with Crippen LogP contribution in [0.5, 0.6) is 0 Å². The standard InChI is InChI=1S/C17H12BrCl2F3O/c1-9-2-3-10(4-14(9)18)5-15(24)16(17(21,22)23)11-6-12(19)8-13(20)7-11/h2-4,6-8,16H,5H2,1H3. The summed E-state index contributed by atoms with van der Waals surface area (Å²) in [5.74, 6) is -3.23. The molecule has 0 aliphatic heterocycles. The smallest absolute Gasteiger partial charge is 0.298 e. The second kappa shape index (κ2) is 7.46. The number of hydrogen-bond acceptors (Lipinski definition) is 1. The van der Waals surface area contributed by atoms with Crippen molar-refractivity contribution in [3.63, 3.8) is 0 Å². The summed E-state index contributed by atoms with van der Waals surface area (Å²) in [5.41, 5.74) is 1.18. The Morgan fingerprint density at radius 3 is 2.21 bits per heavy atom. The normalized spacial score (nSPS) is 13.0. The third kappa shape index (κ3) is 4.74. The number of halogens is 6. The molecule has 2 aromatic carbocycles. The molecule has 0 aromatic heterocycles. The molecule has 0 heterocycles. The number of carbonyl (C=O) groups is 1. The largest absolute Gasteiger partial charge is 0.402 e. The van der Waals surface area contributed by atoms with Crippen LogP contribution in [0.4, 0.5) is 13.2 Å². The third-order valence-electron chi connectivity index (χ3n) is 3.48. The fourth-order valence-electron chi connectivity index (χ4n) is 2.35. The molecule has 1 nitrogen and oxygen atoms in total. The number of carbonyl (C=O) groups excluding carboxylic acids is 1. The molecule has 24 heavy (non-hydrogen) atoms. The Kier molecular flexibility index (Phi) is 6.00. The number of rotatable bonds is 4. The summed E-state index contributed by atoms with van der Waals surface area (Å²) in [6.45, 7) is 1.85. The van der Waals surface area contributed by atoms with E-state index in [2.05, 4.69) is 15.9 Å². The van der Waals surface area contributed by atoms with Crippen molar-refractivity contribution >= 4 is 44.9 Å². The van der Waals surface area contributed by atoms with Crippen LogP contribution in [0, 0.1) is 6.92 Å². The Hall–Kier alpha value is -1.04. The second-order valence-corrected chi connectivity index (χ2v) is 7.13. The zero-order valence-corrected chi connectivity index (χ0v) is 15.5. The van der Waals surface area contributed by atoms with Gasteiger partial charge < -0.3 is 0 Å². The van der Waals surface area contributed by atoms with Gasteiger partial charge in [0.2, 0.25) is 0 Å². The third-order valence-corrected chi connectivity index (χ3v) is 4.77. The van der Waals surface area contributed by atoms with Gasteiger partial charge >= 0.3 is 6.18 Å². The van der Waals surface area contributed by atoms with Crippen LogP contribution in [-0.2, 0) is 11.2 Å². The lowest BCUT2D eigenvalue weighted by Crippen LogP contribution is -2.29. The van der Waals surface area contributed by atoms with Crippen molar-refractivity contribution in [1.29, 1.82) is 0 Å². The first-order valence-corrected chi connectivity index (χ1v) is 8.43. The first kappa shape index (κ1) is 19.3. The van der Waals surface area contributed by atoms with E-state index < -0.39 is 17.9 Å². The predicted octanol–water partition coefficient (Wildman–Crippen LogP) is 6.52. The number of benzene rings is 2. The highest BCUT2D eigenvalue weighted by molar-refractivity contribution is 9.10. The molecule has 0 saturated carbocycles. The Labute approximate surface area is 155 Å². The van der Waals surface area contributed by atoms with E-state index in [-0.39, 0.29) is 22.0 Å². The van der Waals surface area contributed by atoms with Gasteiger partial charge in [-0.1, -0.05) is 51.3 Å². The van der Waals surface area contributed by atoms with Gasteiger partial charge in [0.05, 0.1) is 0 Å². The molecule has 0 bridgehead atoms. The summed E-state index contributed by atoms with van der Waals surface area (Å²) < 4.78 is 41.1. The molecule has 0 saturated heterocycles. The lowest BCUT2D eigenvalue weighted by atomic mass is 9.90. The monoisotopic (exact) mass is 438 g/mol. The zero-order chi connectivity index (χ0) is 18.1. The molecular formula is C17H12BrCl2F3O. The number of aryl methyl sites for hydroxylation is 1. The van der Waals surface area contributed by atoms with Crippen LogP contribution >= 0.6 is 39.1 Å². The van der Waals surface area contributed by atoms with Crippen molar-refractivity contribution in [3.05, 3.63) is 67.6 Å². The maximum atomic E-state index is 13.4. The van der Waals surface area contributed by atoms with E-state index in [9.17, 15) is 18.0 Å². The van der Waals surface area contributed by atoms with E-state index in [1.807, 2.05) is 6.92 Å². The quantitative estimate of drug-likeness (QED) is 0.529. The Balaban J connectivity index is 2.37. The summed E-state index contributed by atoms with van der Waals surface area (Å²) >= 11 is 14.9. The van der Waals surface area contributed by atoms with Gasteiger partial charge in [0.15, 0.2) is 5.78 Å². The van der Waals surface area contributed by atoms with E-state index in [0.29, 0.717) is 5.56 Å². The fraction of sp³-hybridized carbons (Fsp3) is 0.235. The van der Waals surface area contributed by atoms with Gasteiger partial charge in [0, 0.05) is 20.9 Å². The van der Waals surface area contributed by atoms with Crippen molar-refractivity contribution in [3.8, 4) is 0 Å². The summed E-state index contributed by atoms with van der Waals surface area (Å²) in [5, 5.41) is 0.107. The number of hydrogen-bond donors (Lipinski definition) is 0. The van der Waals surface area contributed by atoms with Crippen LogP contribution in [0.15, 0.2) is 40.9 Å². The topological polar surface area (TPSA) is 17.1 Å². The van der Waals surface area contributed by atoms with Crippen LogP contribution in [0.2, 0.25) is 10.0 Å². The lowest BCUT2D eigenvalue weighted by Gasteiger charge is -2.20. The average molecular weight is 440 g/mol.